The average Bonchev–Trinajstić information content (AvgIpc) is 2.46. The molecule has 0 radical (unpaired) electrons. The maximum absolute atomic E-state index is 14.6. The third-order valence-electron chi connectivity index (χ3n) is 2.92. The van der Waals surface area contributed by atoms with Gasteiger partial charge in [0.1, 0.15) is 17.0 Å². The first-order valence-electron chi connectivity index (χ1n) is 8.58. The monoisotopic (exact) mass is 417 g/mol. The van der Waals surface area contributed by atoms with Gasteiger partial charge >= 0.3 is 18.2 Å². The summed E-state index contributed by atoms with van der Waals surface area (Å²) in [5.74, 6) is -1.85. The number of ether oxygens (including phenoxy) is 3. The number of benzene rings is 1. The molecule has 0 saturated heterocycles. The van der Waals surface area contributed by atoms with Crippen molar-refractivity contribution in [2.75, 3.05) is 11.5 Å². The number of nitrogens with zero attached hydrogens (tertiary/aromatic N) is 1. The second-order valence-corrected chi connectivity index (χ2v) is 8.21. The highest BCUT2D eigenvalue weighted by Gasteiger charge is 2.35. The lowest BCUT2D eigenvalue weighted by molar-refractivity contribution is 0.0425. The fourth-order valence-corrected chi connectivity index (χ4v) is 2.19. The van der Waals surface area contributed by atoms with Crippen LogP contribution < -0.4 is 4.90 Å². The molecular formula is C19H25ClFNO6. The summed E-state index contributed by atoms with van der Waals surface area (Å²) in [6, 6.07) is 1.76. The van der Waals surface area contributed by atoms with E-state index in [9.17, 15) is 18.8 Å². The molecule has 156 valence electrons. The summed E-state index contributed by atoms with van der Waals surface area (Å²) in [5, 5.41) is -0.229. The van der Waals surface area contributed by atoms with Gasteiger partial charge in [0.05, 0.1) is 22.9 Å². The summed E-state index contributed by atoms with van der Waals surface area (Å²) in [7, 11) is 0. The summed E-state index contributed by atoms with van der Waals surface area (Å²) in [6.07, 6.45) is -2.34. The third kappa shape index (κ3) is 6.67. The van der Waals surface area contributed by atoms with E-state index in [1.165, 1.54) is 0 Å². The van der Waals surface area contributed by atoms with Crippen LogP contribution in [0.15, 0.2) is 12.1 Å². The summed E-state index contributed by atoms with van der Waals surface area (Å²) in [4.78, 5) is 37.7. The molecule has 7 nitrogen and oxygen atoms in total. The van der Waals surface area contributed by atoms with Gasteiger partial charge in [0.15, 0.2) is 0 Å². The molecule has 0 N–H and O–H groups in total. The van der Waals surface area contributed by atoms with Gasteiger partial charge in [-0.25, -0.2) is 18.8 Å². The highest BCUT2D eigenvalue weighted by Crippen LogP contribution is 2.30. The van der Waals surface area contributed by atoms with E-state index < -0.39 is 40.9 Å². The van der Waals surface area contributed by atoms with E-state index in [4.69, 9.17) is 25.8 Å². The Bertz CT molecular complexity index is 739. The normalized spacial score (nSPS) is 11.6. The van der Waals surface area contributed by atoms with Crippen molar-refractivity contribution in [3.63, 3.8) is 0 Å². The number of anilines is 1. The molecule has 9 heteroatoms. The Hall–Kier alpha value is -2.35. The SMILES string of the molecule is CCOC(=O)c1cc(N(C(=O)OC(C)(C)C)C(=O)OC(C)(C)C)c(F)cc1Cl. The predicted molar refractivity (Wildman–Crippen MR) is 102 cm³/mol. The quantitative estimate of drug-likeness (QED) is 0.488. The number of halogens is 2. The molecule has 0 aliphatic heterocycles. The van der Waals surface area contributed by atoms with Crippen molar-refractivity contribution in [2.24, 2.45) is 0 Å². The number of hydrogen-bond acceptors (Lipinski definition) is 6. The molecule has 0 fully saturated rings. The van der Waals surface area contributed by atoms with Gasteiger partial charge in [-0.05, 0) is 60.6 Å². The van der Waals surface area contributed by atoms with Crippen LogP contribution in [0.3, 0.4) is 0 Å². The first kappa shape index (κ1) is 23.7. The lowest BCUT2D eigenvalue weighted by Gasteiger charge is -2.29. The van der Waals surface area contributed by atoms with Crippen molar-refractivity contribution >= 4 is 35.4 Å². The third-order valence-corrected chi connectivity index (χ3v) is 3.24. The molecule has 0 atom stereocenters. The van der Waals surface area contributed by atoms with Crippen LogP contribution >= 0.6 is 11.6 Å². The zero-order valence-corrected chi connectivity index (χ0v) is 17.8. The second-order valence-electron chi connectivity index (χ2n) is 7.80. The highest BCUT2D eigenvalue weighted by molar-refractivity contribution is 6.33. The zero-order valence-electron chi connectivity index (χ0n) is 17.0. The molecule has 0 bridgehead atoms. The van der Waals surface area contributed by atoms with Gasteiger partial charge in [0.2, 0.25) is 0 Å². The molecule has 1 aromatic carbocycles. The van der Waals surface area contributed by atoms with E-state index in [1.54, 1.807) is 48.5 Å². The number of hydrogen-bond donors (Lipinski definition) is 0. The van der Waals surface area contributed by atoms with Crippen molar-refractivity contribution in [3.8, 4) is 0 Å². The average molecular weight is 418 g/mol. The zero-order chi connectivity index (χ0) is 21.9. The van der Waals surface area contributed by atoms with Gasteiger partial charge in [-0.3, -0.25) is 0 Å². The van der Waals surface area contributed by atoms with Gasteiger partial charge in [-0.1, -0.05) is 11.6 Å². The van der Waals surface area contributed by atoms with Gasteiger partial charge in [0.25, 0.3) is 0 Å². The van der Waals surface area contributed by atoms with Crippen molar-refractivity contribution in [1.82, 2.24) is 0 Å². The minimum absolute atomic E-state index is 0.0592. The van der Waals surface area contributed by atoms with E-state index in [0.717, 1.165) is 12.1 Å². The van der Waals surface area contributed by atoms with Crippen LogP contribution in [0.5, 0.6) is 0 Å². The molecule has 1 aromatic rings. The summed E-state index contributed by atoms with van der Waals surface area (Å²) >= 11 is 5.92. The van der Waals surface area contributed by atoms with Gasteiger partial charge in [-0.15, -0.1) is 0 Å². The summed E-state index contributed by atoms with van der Waals surface area (Å²) in [5.41, 5.74) is -2.69. The highest BCUT2D eigenvalue weighted by atomic mass is 35.5. The standard InChI is InChI=1S/C19H25ClFNO6/c1-8-26-15(23)11-9-14(13(21)10-12(11)20)22(16(24)27-18(2,3)4)17(25)28-19(5,6)7/h9-10H,8H2,1-7H3. The Labute approximate surface area is 168 Å². The molecule has 0 aromatic heterocycles. The molecule has 2 amide bonds. The Balaban J connectivity index is 3.52. The molecule has 0 spiro atoms. The van der Waals surface area contributed by atoms with Crippen molar-refractivity contribution in [1.29, 1.82) is 0 Å². The van der Waals surface area contributed by atoms with Crippen molar-refractivity contribution in [3.05, 3.63) is 28.5 Å². The van der Waals surface area contributed by atoms with Crippen LogP contribution in [0.1, 0.15) is 58.8 Å². The van der Waals surface area contributed by atoms with E-state index in [2.05, 4.69) is 0 Å². The van der Waals surface area contributed by atoms with E-state index in [1.807, 2.05) is 0 Å². The molecule has 0 unspecified atom stereocenters. The number of rotatable bonds is 3. The lowest BCUT2D eigenvalue weighted by atomic mass is 10.1. The summed E-state index contributed by atoms with van der Waals surface area (Å²) < 4.78 is 29.9. The molecule has 28 heavy (non-hydrogen) atoms. The Morgan fingerprint density at radius 3 is 1.86 bits per heavy atom. The Kier molecular flexibility index (Phi) is 7.42. The van der Waals surface area contributed by atoms with Crippen LogP contribution in [0.4, 0.5) is 19.7 Å². The molecule has 0 aliphatic carbocycles. The van der Waals surface area contributed by atoms with E-state index >= 15 is 0 Å². The van der Waals surface area contributed by atoms with Crippen LogP contribution in [0.25, 0.3) is 0 Å². The number of imide groups is 1. The molecule has 1 rings (SSSR count). The van der Waals surface area contributed by atoms with Crippen LogP contribution in [-0.2, 0) is 14.2 Å². The number of amides is 2. The fourth-order valence-electron chi connectivity index (χ4n) is 1.96. The van der Waals surface area contributed by atoms with Crippen LogP contribution in [0.2, 0.25) is 5.02 Å². The molecular weight excluding hydrogens is 393 g/mol. The van der Waals surface area contributed by atoms with Crippen LogP contribution in [0, 0.1) is 5.82 Å². The Morgan fingerprint density at radius 2 is 1.46 bits per heavy atom. The predicted octanol–water partition coefficient (Wildman–Crippen LogP) is 5.33. The maximum Gasteiger partial charge on any atom is 0.424 e. The second kappa shape index (κ2) is 8.77. The minimum atomic E-state index is -1.17. The smallest absolute Gasteiger partial charge is 0.424 e. The largest absolute Gasteiger partial charge is 0.462 e. The molecule has 0 aliphatic rings. The number of carbonyl (C=O) groups is 3. The van der Waals surface area contributed by atoms with Crippen molar-refractivity contribution < 1.29 is 33.0 Å². The van der Waals surface area contributed by atoms with Crippen molar-refractivity contribution in [2.45, 2.75) is 59.7 Å². The van der Waals surface area contributed by atoms with E-state index in [0.29, 0.717) is 4.90 Å². The van der Waals surface area contributed by atoms with E-state index in [-0.39, 0.29) is 17.2 Å². The fraction of sp³-hybridized carbons (Fsp3) is 0.526. The maximum atomic E-state index is 14.6. The minimum Gasteiger partial charge on any atom is -0.462 e. The topological polar surface area (TPSA) is 82.1 Å². The van der Waals surface area contributed by atoms with Gasteiger partial charge in [-0.2, -0.15) is 4.90 Å². The molecule has 0 saturated carbocycles. The lowest BCUT2D eigenvalue weighted by Crippen LogP contribution is -2.44. The number of esters is 1. The first-order valence-corrected chi connectivity index (χ1v) is 8.96. The van der Waals surface area contributed by atoms with Gasteiger partial charge in [0, 0.05) is 0 Å². The number of carbonyl (C=O) groups excluding carboxylic acids is 3. The summed E-state index contributed by atoms with van der Waals surface area (Å²) in [6.45, 7) is 11.1. The first-order chi connectivity index (χ1) is 12.7. The van der Waals surface area contributed by atoms with Gasteiger partial charge < -0.3 is 14.2 Å². The molecule has 0 heterocycles. The Morgan fingerprint density at radius 1 is 1.00 bits per heavy atom. The van der Waals surface area contributed by atoms with Crippen LogP contribution in [-0.4, -0.2) is 36.0 Å².